The smallest absolute Gasteiger partial charge is 0.156 e. The minimum absolute atomic E-state index is 0.00891. The van der Waals surface area contributed by atoms with Crippen LogP contribution in [-0.4, -0.2) is 46.9 Å². The molecule has 1 fully saturated rings. The van der Waals surface area contributed by atoms with E-state index in [1.54, 1.807) is 0 Å². The molecule has 2 aromatic carbocycles. The van der Waals surface area contributed by atoms with Crippen molar-refractivity contribution >= 4 is 57.4 Å². The summed E-state index contributed by atoms with van der Waals surface area (Å²) in [4.78, 5) is 0. The zero-order valence-electron chi connectivity index (χ0n) is 16.8. The molecular weight excluding hydrogens is 562 g/mol. The van der Waals surface area contributed by atoms with Gasteiger partial charge in [-0.1, -0.05) is 71.8 Å². The molecule has 0 saturated carbocycles. The number of epoxide rings is 1. The Kier molecular flexibility index (Phi) is 8.07. The second-order valence-corrected chi connectivity index (χ2v) is 9.81. The van der Waals surface area contributed by atoms with Gasteiger partial charge >= 0.3 is 0 Å². The standard InChI is InChI=1S/C22H24Cl3IO4/c1-21(2,14-3-5-16(6-4-14)28-9-17-10-29-17)15-7-18(24)20(19(25)8-15)30-13-22(27,11-23)12-26/h3-8,17,27H,9-13H2,1-2H3/t17-,22?/m0/s1. The second kappa shape index (κ2) is 10.0. The highest BCUT2D eigenvalue weighted by Gasteiger charge is 2.29. The molecule has 3 rings (SSSR count). The topological polar surface area (TPSA) is 51.2 Å². The number of rotatable bonds is 10. The fraction of sp³-hybridized carbons (Fsp3) is 0.455. The predicted molar refractivity (Wildman–Crippen MR) is 130 cm³/mol. The van der Waals surface area contributed by atoms with Crippen LogP contribution in [0.2, 0.25) is 10.0 Å². The first-order chi connectivity index (χ1) is 14.2. The lowest BCUT2D eigenvalue weighted by molar-refractivity contribution is 0.0385. The Hall–Kier alpha value is -0.440. The van der Waals surface area contributed by atoms with Crippen LogP contribution in [0.4, 0.5) is 0 Å². The van der Waals surface area contributed by atoms with Crippen LogP contribution >= 0.6 is 57.4 Å². The highest BCUT2D eigenvalue weighted by Crippen LogP contribution is 2.41. The minimum Gasteiger partial charge on any atom is -0.491 e. The molecule has 0 bridgehead atoms. The van der Waals surface area contributed by atoms with E-state index in [4.69, 9.17) is 49.0 Å². The van der Waals surface area contributed by atoms with Crippen LogP contribution < -0.4 is 9.47 Å². The van der Waals surface area contributed by atoms with Gasteiger partial charge < -0.3 is 19.3 Å². The van der Waals surface area contributed by atoms with Gasteiger partial charge in [0, 0.05) is 9.84 Å². The summed E-state index contributed by atoms with van der Waals surface area (Å²) in [5.41, 5.74) is 0.566. The van der Waals surface area contributed by atoms with Crippen molar-refractivity contribution in [2.45, 2.75) is 31.0 Å². The molecular formula is C22H24Cl3IO4. The number of hydrogen-bond acceptors (Lipinski definition) is 4. The molecule has 2 atom stereocenters. The molecule has 1 saturated heterocycles. The summed E-state index contributed by atoms with van der Waals surface area (Å²) in [7, 11) is 0. The van der Waals surface area contributed by atoms with E-state index in [0.29, 0.717) is 26.8 Å². The quantitative estimate of drug-likeness (QED) is 0.215. The molecule has 164 valence electrons. The highest BCUT2D eigenvalue weighted by atomic mass is 127. The average molecular weight is 586 g/mol. The average Bonchev–Trinajstić information content (AvgIpc) is 3.56. The van der Waals surface area contributed by atoms with Gasteiger partial charge in [0.05, 0.1) is 22.5 Å². The summed E-state index contributed by atoms with van der Waals surface area (Å²) >= 11 is 20.9. The van der Waals surface area contributed by atoms with Crippen LogP contribution in [0, 0.1) is 0 Å². The maximum atomic E-state index is 10.3. The Morgan fingerprint density at radius 2 is 1.70 bits per heavy atom. The molecule has 1 aliphatic heterocycles. The lowest BCUT2D eigenvalue weighted by Gasteiger charge is -2.28. The molecule has 8 heteroatoms. The summed E-state index contributed by atoms with van der Waals surface area (Å²) in [6.45, 7) is 5.56. The maximum Gasteiger partial charge on any atom is 0.156 e. The zero-order chi connectivity index (χ0) is 21.9. The Morgan fingerprint density at radius 1 is 1.10 bits per heavy atom. The molecule has 30 heavy (non-hydrogen) atoms. The Labute approximate surface area is 205 Å². The van der Waals surface area contributed by atoms with Gasteiger partial charge in [0.2, 0.25) is 0 Å². The number of alkyl halides is 2. The molecule has 0 radical (unpaired) electrons. The maximum absolute atomic E-state index is 10.3. The van der Waals surface area contributed by atoms with E-state index in [1.807, 2.05) is 36.4 Å². The molecule has 0 aliphatic carbocycles. The van der Waals surface area contributed by atoms with Gasteiger partial charge in [-0.2, -0.15) is 0 Å². The van der Waals surface area contributed by atoms with Crippen LogP contribution in [0.1, 0.15) is 25.0 Å². The van der Waals surface area contributed by atoms with Crippen molar-refractivity contribution in [3.63, 3.8) is 0 Å². The molecule has 1 heterocycles. The summed E-state index contributed by atoms with van der Waals surface area (Å²) in [6, 6.07) is 11.7. The van der Waals surface area contributed by atoms with Crippen molar-refractivity contribution in [2.75, 3.05) is 30.1 Å². The molecule has 0 aromatic heterocycles. The van der Waals surface area contributed by atoms with E-state index in [-0.39, 0.29) is 24.0 Å². The molecule has 1 N–H and O–H groups in total. The van der Waals surface area contributed by atoms with E-state index in [1.165, 1.54) is 0 Å². The van der Waals surface area contributed by atoms with E-state index < -0.39 is 5.60 Å². The van der Waals surface area contributed by atoms with Crippen LogP contribution in [0.5, 0.6) is 11.5 Å². The third-order valence-electron chi connectivity index (χ3n) is 5.12. The molecule has 4 nitrogen and oxygen atoms in total. The molecule has 1 unspecified atom stereocenters. The third-order valence-corrected chi connectivity index (χ3v) is 7.60. The second-order valence-electron chi connectivity index (χ2n) is 7.97. The Bertz CT molecular complexity index is 842. The molecule has 2 aromatic rings. The number of benzene rings is 2. The van der Waals surface area contributed by atoms with E-state index in [0.717, 1.165) is 23.5 Å². The van der Waals surface area contributed by atoms with Crippen LogP contribution in [0.15, 0.2) is 36.4 Å². The van der Waals surface area contributed by atoms with Crippen molar-refractivity contribution in [3.05, 3.63) is 57.6 Å². The number of aliphatic hydroxyl groups is 1. The summed E-state index contributed by atoms with van der Waals surface area (Å²) < 4.78 is 17.0. The molecule has 0 amide bonds. The van der Waals surface area contributed by atoms with Crippen molar-refractivity contribution in [1.82, 2.24) is 0 Å². The van der Waals surface area contributed by atoms with Gasteiger partial charge in [-0.05, 0) is 35.4 Å². The summed E-state index contributed by atoms with van der Waals surface area (Å²) in [5.74, 6) is 1.22. The normalized spacial score (nSPS) is 18.0. The first kappa shape index (κ1) is 24.2. The van der Waals surface area contributed by atoms with Gasteiger partial charge in [-0.15, -0.1) is 11.6 Å². The largest absolute Gasteiger partial charge is 0.491 e. The summed E-state index contributed by atoms with van der Waals surface area (Å²) in [6.07, 6.45) is 0.225. The van der Waals surface area contributed by atoms with Crippen molar-refractivity contribution < 1.29 is 19.3 Å². The SMILES string of the molecule is CC(C)(c1ccc(OC[C@H]2CO2)cc1)c1cc(Cl)c(OCC(O)(CCl)CI)c(Cl)c1. The fourth-order valence-corrected chi connectivity index (χ4v) is 4.44. The van der Waals surface area contributed by atoms with Crippen molar-refractivity contribution in [3.8, 4) is 11.5 Å². The number of hydrogen-bond donors (Lipinski definition) is 1. The van der Waals surface area contributed by atoms with Gasteiger partial charge in [0.15, 0.2) is 5.75 Å². The zero-order valence-corrected chi connectivity index (χ0v) is 21.2. The van der Waals surface area contributed by atoms with Gasteiger partial charge in [-0.25, -0.2) is 0 Å². The lowest BCUT2D eigenvalue weighted by Crippen LogP contribution is -2.39. The van der Waals surface area contributed by atoms with E-state index in [9.17, 15) is 5.11 Å². The Morgan fingerprint density at radius 3 is 2.20 bits per heavy atom. The monoisotopic (exact) mass is 584 g/mol. The summed E-state index contributed by atoms with van der Waals surface area (Å²) in [5, 5.41) is 11.1. The van der Waals surface area contributed by atoms with E-state index >= 15 is 0 Å². The molecule has 0 spiro atoms. The van der Waals surface area contributed by atoms with Crippen molar-refractivity contribution in [2.24, 2.45) is 0 Å². The third kappa shape index (κ3) is 5.87. The van der Waals surface area contributed by atoms with Crippen LogP contribution in [0.25, 0.3) is 0 Å². The first-order valence-electron chi connectivity index (χ1n) is 9.50. The molecule has 1 aliphatic rings. The van der Waals surface area contributed by atoms with Gasteiger partial charge in [-0.3, -0.25) is 0 Å². The van der Waals surface area contributed by atoms with Crippen LogP contribution in [-0.2, 0) is 10.2 Å². The van der Waals surface area contributed by atoms with E-state index in [2.05, 4.69) is 36.4 Å². The number of halogens is 4. The van der Waals surface area contributed by atoms with Crippen molar-refractivity contribution in [1.29, 1.82) is 0 Å². The van der Waals surface area contributed by atoms with Crippen LogP contribution in [0.3, 0.4) is 0 Å². The minimum atomic E-state index is -1.14. The highest BCUT2D eigenvalue weighted by molar-refractivity contribution is 14.1. The fourth-order valence-electron chi connectivity index (χ4n) is 2.87. The van der Waals surface area contributed by atoms with Gasteiger partial charge in [0.25, 0.3) is 0 Å². The first-order valence-corrected chi connectivity index (χ1v) is 12.3. The predicted octanol–water partition coefficient (Wildman–Crippen LogP) is 5.88. The number of ether oxygens (including phenoxy) is 3. The Balaban J connectivity index is 1.76. The van der Waals surface area contributed by atoms with Gasteiger partial charge in [0.1, 0.15) is 30.7 Å². The lowest BCUT2D eigenvalue weighted by atomic mass is 9.78.